The van der Waals surface area contributed by atoms with E-state index in [9.17, 15) is 9.90 Å². The van der Waals surface area contributed by atoms with Crippen LogP contribution >= 0.6 is 0 Å². The van der Waals surface area contributed by atoms with Crippen molar-refractivity contribution in [2.24, 2.45) is 4.99 Å². The van der Waals surface area contributed by atoms with Gasteiger partial charge < -0.3 is 32.0 Å². The largest absolute Gasteiger partial charge is 2.00 e. The van der Waals surface area contributed by atoms with Gasteiger partial charge in [0.2, 0.25) is 0 Å². The molecule has 0 aliphatic rings. The van der Waals surface area contributed by atoms with E-state index < -0.39 is 10.2 Å². The molecule has 0 aromatic carbocycles. The molecule has 34 heavy (non-hydrogen) atoms. The molecule has 0 saturated carbocycles. The summed E-state index contributed by atoms with van der Waals surface area (Å²) in [5, 5.41) is 20.9. The van der Waals surface area contributed by atoms with E-state index in [0.29, 0.717) is 37.6 Å². The molecule has 16 heteroatoms. The van der Waals surface area contributed by atoms with Crippen LogP contribution in [-0.2, 0) is 17.1 Å². The van der Waals surface area contributed by atoms with Crippen LogP contribution < -0.4 is 39.7 Å². The Morgan fingerprint density at radius 2 is 1.29 bits per heavy atom. The zero-order chi connectivity index (χ0) is 23.0. The third-order valence-electron chi connectivity index (χ3n) is 3.39. The number of amides is 1. The maximum absolute atomic E-state index is 11.8. The summed E-state index contributed by atoms with van der Waals surface area (Å²) in [6.45, 7) is 3.74. The number of hydrogen-bond donors (Lipinski definition) is 3. The van der Waals surface area contributed by atoms with E-state index in [1.165, 1.54) is 0 Å². The van der Waals surface area contributed by atoms with Gasteiger partial charge in [0.15, 0.2) is 0 Å². The third kappa shape index (κ3) is 20.3. The van der Waals surface area contributed by atoms with Crippen LogP contribution in [-0.4, -0.2) is 72.0 Å². The van der Waals surface area contributed by atoms with Crippen LogP contribution in [0.2, 0.25) is 0 Å². The maximum atomic E-state index is 11.8. The van der Waals surface area contributed by atoms with Gasteiger partial charge in [0.25, 0.3) is 5.91 Å². The molecule has 2 aromatic rings. The van der Waals surface area contributed by atoms with Gasteiger partial charge in [0.1, 0.15) is 5.69 Å². The minimum Gasteiger partial charge on any atom is -0.857 e. The van der Waals surface area contributed by atoms with Gasteiger partial charge in [-0.25, -0.2) is 18.6 Å². The number of hydrogen-bond acceptors (Lipinski definition) is 11. The molecule has 1 amide bonds. The molecular weight excluding hydrogens is 527 g/mol. The van der Waals surface area contributed by atoms with Gasteiger partial charge in [-0.1, -0.05) is 12.1 Å². The summed E-state index contributed by atoms with van der Waals surface area (Å²) in [6, 6.07) is 10.4. The smallest absolute Gasteiger partial charge is 0.857 e. The van der Waals surface area contributed by atoms with Gasteiger partial charge >= 0.3 is 17.1 Å². The van der Waals surface area contributed by atoms with Crippen molar-refractivity contribution in [1.82, 2.24) is 25.9 Å². The molecule has 0 fully saturated rings. The summed E-state index contributed by atoms with van der Waals surface area (Å²) in [4.78, 5) is 23.7. The second kappa shape index (κ2) is 21.3. The third-order valence-corrected chi connectivity index (χ3v) is 3.39. The molecule has 195 valence electrons. The molecule has 0 bridgehead atoms. The minimum absolute atomic E-state index is 0. The van der Waals surface area contributed by atoms with Crippen LogP contribution in [0.15, 0.2) is 53.8 Å². The van der Waals surface area contributed by atoms with E-state index in [1.807, 2.05) is 0 Å². The number of nitrogens with zero attached hydrogens (tertiary/aromatic N) is 3. The molecule has 14 nitrogen and oxygen atoms in total. The summed E-state index contributed by atoms with van der Waals surface area (Å²) in [5.74, 6) is -0.473. The number of halogens is 1. The number of carbonyl (C=O) groups is 1. The van der Waals surface area contributed by atoms with Crippen LogP contribution in [0.3, 0.4) is 0 Å². The fourth-order valence-electron chi connectivity index (χ4n) is 2.09. The molecule has 2 heterocycles. The number of aliphatic imine (C=N–C) groups is 1. The number of nitrogens with one attached hydrogen (secondary N) is 3. The Kier molecular flexibility index (Phi) is 22.7. The summed E-state index contributed by atoms with van der Waals surface area (Å²) in [5.41, 5.74) is 0.778. The van der Waals surface area contributed by atoms with Gasteiger partial charge in [-0.2, -0.15) is 0 Å². The van der Waals surface area contributed by atoms with Crippen molar-refractivity contribution in [2.45, 2.75) is 0 Å². The van der Waals surface area contributed by atoms with E-state index in [4.69, 9.17) is 18.6 Å². The van der Waals surface area contributed by atoms with E-state index in [2.05, 4.69) is 30.9 Å². The van der Waals surface area contributed by atoms with E-state index in [0.717, 1.165) is 13.1 Å². The second-order valence-corrected chi connectivity index (χ2v) is 6.51. The monoisotopic (exact) mass is 553 g/mol. The van der Waals surface area contributed by atoms with E-state index in [-0.39, 0.29) is 39.8 Å². The van der Waals surface area contributed by atoms with Gasteiger partial charge in [0.05, 0.1) is 12.2 Å². The Labute approximate surface area is 209 Å². The SMILES string of the molecule is O.O.O=C(NCCNCCNCCN=C([O-])c1ccccn1)c1ccccn1.[Cu+2].[O-][Cl+3]([O-])([O-])[O-]. The molecule has 2 rings (SSSR count). The minimum atomic E-state index is -4.94. The van der Waals surface area contributed by atoms with E-state index in [1.54, 1.807) is 48.8 Å². The number of pyridine rings is 2. The van der Waals surface area contributed by atoms with Crippen LogP contribution in [0.25, 0.3) is 0 Å². The molecule has 0 saturated heterocycles. The Balaban J connectivity index is -0.00000109. The topological polar surface area (TPSA) is 270 Å². The van der Waals surface area contributed by atoms with Crippen LogP contribution in [0.5, 0.6) is 0 Å². The average molecular weight is 554 g/mol. The molecule has 0 aliphatic carbocycles. The average Bonchev–Trinajstić information content (AvgIpc) is 2.74. The molecule has 0 atom stereocenters. The Morgan fingerprint density at radius 3 is 1.79 bits per heavy atom. The Bertz CT molecular complexity index is 781. The van der Waals surface area contributed by atoms with Gasteiger partial charge in [-0.05, 0) is 24.3 Å². The van der Waals surface area contributed by atoms with Crippen molar-refractivity contribution in [3.8, 4) is 0 Å². The first-order chi connectivity index (χ1) is 14.8. The predicted molar refractivity (Wildman–Crippen MR) is 105 cm³/mol. The van der Waals surface area contributed by atoms with Crippen molar-refractivity contribution in [3.63, 3.8) is 0 Å². The maximum Gasteiger partial charge on any atom is 2.00 e. The number of rotatable bonds is 11. The first-order valence-corrected chi connectivity index (χ1v) is 10.4. The van der Waals surface area contributed by atoms with Crippen molar-refractivity contribution < 1.29 is 66.8 Å². The first kappa shape index (κ1) is 36.3. The second-order valence-electron chi connectivity index (χ2n) is 5.75. The molecular formula is C18H27ClCuN6O8. The zero-order valence-corrected chi connectivity index (χ0v) is 19.5. The van der Waals surface area contributed by atoms with Crippen molar-refractivity contribution >= 4 is 11.8 Å². The van der Waals surface area contributed by atoms with Gasteiger partial charge in [0, 0.05) is 51.0 Å². The van der Waals surface area contributed by atoms with Crippen molar-refractivity contribution in [3.05, 3.63) is 60.2 Å². The molecule has 2 aromatic heterocycles. The summed E-state index contributed by atoms with van der Waals surface area (Å²) < 4.78 is 34.0. The molecule has 0 unspecified atom stereocenters. The van der Waals surface area contributed by atoms with Gasteiger partial charge in [-0.15, -0.1) is 10.2 Å². The quantitative estimate of drug-likeness (QED) is 0.102. The Morgan fingerprint density at radius 1 is 0.824 bits per heavy atom. The van der Waals surface area contributed by atoms with Crippen LogP contribution in [0.4, 0.5) is 0 Å². The summed E-state index contributed by atoms with van der Waals surface area (Å²) >= 11 is 0. The number of aromatic nitrogens is 2. The normalized spacial score (nSPS) is 10.4. The zero-order valence-electron chi connectivity index (χ0n) is 17.8. The molecule has 0 aliphatic heterocycles. The van der Waals surface area contributed by atoms with E-state index >= 15 is 0 Å². The van der Waals surface area contributed by atoms with Gasteiger partial charge in [-0.3, -0.25) is 19.8 Å². The van der Waals surface area contributed by atoms with Crippen molar-refractivity contribution in [2.75, 3.05) is 39.3 Å². The predicted octanol–water partition coefficient (Wildman–Crippen LogP) is -7.22. The first-order valence-electron chi connectivity index (χ1n) is 9.12. The molecule has 0 spiro atoms. The fraction of sp³-hybridized carbons (Fsp3) is 0.333. The summed E-state index contributed by atoms with van der Waals surface area (Å²) in [7, 11) is -4.94. The standard InChI is InChI=1S/C18H24N6O2.ClHO4.Cu.2H2O/c25-17(15-5-1-3-7-21-15)23-13-11-19-9-10-20-12-14-24-18(26)16-6-2-4-8-22-16;2-1(3,4)5;;;/h1-8,19-20H,9-14H2,(H,23,25)(H,24,26);(H,2,3,4,5);;2*1H2/q;;+2;;/p-2. The fourth-order valence-corrected chi connectivity index (χ4v) is 2.09. The van der Waals surface area contributed by atoms with Crippen LogP contribution in [0, 0.1) is 10.2 Å². The summed E-state index contributed by atoms with van der Waals surface area (Å²) in [6.07, 6.45) is 3.17. The molecule has 1 radical (unpaired) electrons. The number of carbonyl (C=O) groups excluding carboxylic acids is 1. The van der Waals surface area contributed by atoms with Crippen molar-refractivity contribution in [1.29, 1.82) is 0 Å². The van der Waals surface area contributed by atoms with Crippen LogP contribution in [0.1, 0.15) is 16.2 Å². The Hall–Kier alpha value is -2.27. The molecule has 7 N–H and O–H groups in total.